The van der Waals surface area contributed by atoms with Gasteiger partial charge in [-0.3, -0.25) is 0 Å². The van der Waals surface area contributed by atoms with E-state index in [1.54, 1.807) is 42.5 Å². The second-order valence-electron chi connectivity index (χ2n) is 4.97. The molecule has 1 unspecified atom stereocenters. The number of allylic oxidation sites excluding steroid dienone is 2. The fourth-order valence-corrected chi connectivity index (χ4v) is 4.39. The third-order valence-electron chi connectivity index (χ3n) is 3.57. The quantitative estimate of drug-likeness (QED) is 0.512. The normalized spacial score (nSPS) is 19.1. The molecule has 0 amide bonds. The summed E-state index contributed by atoms with van der Waals surface area (Å²) < 4.78 is 15.4. The zero-order valence-corrected chi connectivity index (χ0v) is 16.4. The van der Waals surface area contributed by atoms with Crippen LogP contribution >= 0.6 is 23.5 Å². The molecule has 0 aliphatic carbocycles. The lowest BCUT2D eigenvalue weighted by molar-refractivity contribution is -0.141. The molecule has 140 valence electrons. The van der Waals surface area contributed by atoms with Gasteiger partial charge >= 0.3 is 17.9 Å². The van der Waals surface area contributed by atoms with Crippen LogP contribution < -0.4 is 0 Å². The van der Waals surface area contributed by atoms with Gasteiger partial charge < -0.3 is 19.1 Å². The summed E-state index contributed by atoms with van der Waals surface area (Å²) in [6.07, 6.45) is 8.61. The van der Waals surface area contributed by atoms with Crippen LogP contribution in [0.15, 0.2) is 44.8 Å². The largest absolute Gasteiger partial charge is 0.466 e. The molecular formula is C17H19NO6S2. The van der Waals surface area contributed by atoms with Crippen molar-refractivity contribution in [3.8, 4) is 0 Å². The van der Waals surface area contributed by atoms with Crippen molar-refractivity contribution < 1.29 is 28.6 Å². The monoisotopic (exact) mass is 397 g/mol. The summed E-state index contributed by atoms with van der Waals surface area (Å²) >= 11 is 2.28. The van der Waals surface area contributed by atoms with Crippen LogP contribution in [0.25, 0.3) is 0 Å². The molecule has 7 nitrogen and oxygen atoms in total. The molecule has 0 spiro atoms. The average Bonchev–Trinajstić information content (AvgIpc) is 2.81. The Morgan fingerprint density at radius 3 is 2.42 bits per heavy atom. The minimum Gasteiger partial charge on any atom is -0.466 e. The summed E-state index contributed by atoms with van der Waals surface area (Å²) in [7, 11) is 2.47. The summed E-state index contributed by atoms with van der Waals surface area (Å²) in [4.78, 5) is 39.1. The van der Waals surface area contributed by atoms with Crippen LogP contribution in [-0.4, -0.2) is 55.9 Å². The topological polar surface area (TPSA) is 82.1 Å². The number of rotatable bonds is 5. The van der Waals surface area contributed by atoms with Gasteiger partial charge in [-0.2, -0.15) is 0 Å². The number of fused-ring (bicyclic) bond motifs is 1. The van der Waals surface area contributed by atoms with Gasteiger partial charge in [0.1, 0.15) is 10.6 Å². The number of ether oxygens (including phenoxy) is 3. The zero-order valence-electron chi connectivity index (χ0n) is 14.8. The van der Waals surface area contributed by atoms with Gasteiger partial charge in [0.15, 0.2) is 0 Å². The van der Waals surface area contributed by atoms with Crippen molar-refractivity contribution in [2.24, 2.45) is 0 Å². The van der Waals surface area contributed by atoms with E-state index in [0.717, 1.165) is 11.8 Å². The summed E-state index contributed by atoms with van der Waals surface area (Å²) in [6.45, 7) is 1.91. The van der Waals surface area contributed by atoms with Gasteiger partial charge in [-0.15, -0.1) is 11.8 Å². The molecule has 0 bridgehead atoms. The van der Waals surface area contributed by atoms with Crippen LogP contribution in [0.4, 0.5) is 0 Å². The third-order valence-corrected chi connectivity index (χ3v) is 5.85. The predicted octanol–water partition coefficient (Wildman–Crippen LogP) is 2.18. The van der Waals surface area contributed by atoms with Gasteiger partial charge in [0.25, 0.3) is 0 Å². The van der Waals surface area contributed by atoms with Gasteiger partial charge in [0.2, 0.25) is 0 Å². The van der Waals surface area contributed by atoms with Crippen molar-refractivity contribution in [2.45, 2.75) is 13.0 Å². The fraction of sp³-hybridized carbons (Fsp3) is 0.353. The van der Waals surface area contributed by atoms with Gasteiger partial charge in [-0.25, -0.2) is 14.4 Å². The number of thioether (sulfide) groups is 2. The highest BCUT2D eigenvalue weighted by atomic mass is 32.2. The van der Waals surface area contributed by atoms with E-state index in [1.807, 2.05) is 0 Å². The number of carbonyl (C=O) groups is 3. The SMILES string of the molecule is CCOC(=O)C1=C(SC)SC(C(=O)OC)=C(C(=O)OC)C2C=CC=CN12. The van der Waals surface area contributed by atoms with Crippen molar-refractivity contribution in [3.63, 3.8) is 0 Å². The molecule has 9 heteroatoms. The smallest absolute Gasteiger partial charge is 0.356 e. The first kappa shape index (κ1) is 20.2. The minimum absolute atomic E-state index is 0.0814. The van der Waals surface area contributed by atoms with Crippen LogP contribution in [-0.2, 0) is 28.6 Å². The maximum atomic E-state index is 12.6. The second kappa shape index (κ2) is 9.00. The molecule has 0 aromatic carbocycles. The number of hydrogen-bond donors (Lipinski definition) is 0. The van der Waals surface area contributed by atoms with Crippen LogP contribution in [0.2, 0.25) is 0 Å². The van der Waals surface area contributed by atoms with E-state index in [0.29, 0.717) is 4.24 Å². The fourth-order valence-electron chi connectivity index (χ4n) is 2.48. The molecule has 0 radical (unpaired) electrons. The highest BCUT2D eigenvalue weighted by Crippen LogP contribution is 2.44. The summed E-state index contributed by atoms with van der Waals surface area (Å²) in [5.41, 5.74) is 0.367. The Kier molecular flexibility index (Phi) is 6.98. The third kappa shape index (κ3) is 3.83. The first-order valence-electron chi connectivity index (χ1n) is 7.67. The van der Waals surface area contributed by atoms with E-state index in [9.17, 15) is 14.4 Å². The standard InChI is InChI=1S/C17H19NO6S2/c1-5-24-15(20)12-17(25-4)26-13(16(21)23-3)11(14(19)22-2)10-8-6-7-9-18(10)12/h6-10H,5H2,1-4H3. The molecule has 2 aliphatic rings. The first-order chi connectivity index (χ1) is 12.5. The number of nitrogens with zero attached hydrogens (tertiary/aromatic N) is 1. The lowest BCUT2D eigenvalue weighted by atomic mass is 10.0. The van der Waals surface area contributed by atoms with Gasteiger partial charge in [0, 0.05) is 6.20 Å². The van der Waals surface area contributed by atoms with Crippen molar-refractivity contribution in [2.75, 3.05) is 27.1 Å². The molecule has 0 aromatic heterocycles. The Labute approximate surface area is 160 Å². The number of methoxy groups -OCH3 is 2. The molecule has 0 fully saturated rings. The van der Waals surface area contributed by atoms with Crippen molar-refractivity contribution in [3.05, 3.63) is 44.8 Å². The minimum atomic E-state index is -0.696. The number of carbonyl (C=O) groups excluding carboxylic acids is 3. The van der Waals surface area contributed by atoms with Gasteiger partial charge in [0.05, 0.1) is 36.7 Å². The van der Waals surface area contributed by atoms with Crippen molar-refractivity contribution >= 4 is 41.4 Å². The van der Waals surface area contributed by atoms with E-state index >= 15 is 0 Å². The zero-order chi connectivity index (χ0) is 19.3. The molecule has 0 N–H and O–H groups in total. The summed E-state index contributed by atoms with van der Waals surface area (Å²) in [5, 5.41) is 0. The van der Waals surface area contributed by atoms with Crippen LogP contribution in [0.3, 0.4) is 0 Å². The van der Waals surface area contributed by atoms with E-state index in [-0.39, 0.29) is 22.8 Å². The Hall–Kier alpha value is -2.13. The van der Waals surface area contributed by atoms with Crippen LogP contribution in [0.1, 0.15) is 6.92 Å². The van der Waals surface area contributed by atoms with E-state index < -0.39 is 23.9 Å². The van der Waals surface area contributed by atoms with Crippen LogP contribution in [0, 0.1) is 0 Å². The molecular weight excluding hydrogens is 378 g/mol. The van der Waals surface area contributed by atoms with Crippen molar-refractivity contribution in [1.82, 2.24) is 4.90 Å². The molecule has 2 rings (SSSR count). The van der Waals surface area contributed by atoms with E-state index in [2.05, 4.69) is 0 Å². The maximum absolute atomic E-state index is 12.6. The summed E-state index contributed by atoms with van der Waals surface area (Å²) in [6, 6.07) is -0.696. The summed E-state index contributed by atoms with van der Waals surface area (Å²) in [5.74, 6) is -1.88. The molecule has 2 heterocycles. The average molecular weight is 397 g/mol. The second-order valence-corrected chi connectivity index (χ2v) is 7.06. The maximum Gasteiger partial charge on any atom is 0.356 e. The first-order valence-corrected chi connectivity index (χ1v) is 9.71. The molecule has 0 saturated heterocycles. The van der Waals surface area contributed by atoms with Crippen molar-refractivity contribution in [1.29, 1.82) is 0 Å². The molecule has 0 aromatic rings. The highest BCUT2D eigenvalue weighted by Gasteiger charge is 2.40. The number of hydrogen-bond acceptors (Lipinski definition) is 9. The Bertz CT molecular complexity index is 738. The Morgan fingerprint density at radius 2 is 1.85 bits per heavy atom. The lowest BCUT2D eigenvalue weighted by Crippen LogP contribution is -2.38. The molecule has 2 aliphatic heterocycles. The van der Waals surface area contributed by atoms with Gasteiger partial charge in [-0.1, -0.05) is 23.9 Å². The predicted molar refractivity (Wildman–Crippen MR) is 99.7 cm³/mol. The Balaban J connectivity index is 2.72. The highest BCUT2D eigenvalue weighted by molar-refractivity contribution is 8.24. The van der Waals surface area contributed by atoms with E-state index in [1.165, 1.54) is 26.0 Å². The lowest BCUT2D eigenvalue weighted by Gasteiger charge is -2.31. The van der Waals surface area contributed by atoms with E-state index in [4.69, 9.17) is 14.2 Å². The molecule has 1 atom stereocenters. The van der Waals surface area contributed by atoms with Gasteiger partial charge in [-0.05, 0) is 19.3 Å². The number of esters is 3. The Morgan fingerprint density at radius 1 is 1.15 bits per heavy atom. The molecule has 26 heavy (non-hydrogen) atoms. The van der Waals surface area contributed by atoms with Crippen LogP contribution in [0.5, 0.6) is 0 Å². The molecule has 0 saturated carbocycles.